The van der Waals surface area contributed by atoms with Crippen LogP contribution in [0.15, 0.2) is 41.3 Å². The Labute approximate surface area is 199 Å². The summed E-state index contributed by atoms with van der Waals surface area (Å²) in [5.41, 5.74) is 0.760. The van der Waals surface area contributed by atoms with Gasteiger partial charge < -0.3 is 30.3 Å². The lowest BCUT2D eigenvalue weighted by atomic mass is 9.88. The van der Waals surface area contributed by atoms with Crippen molar-refractivity contribution in [3.05, 3.63) is 36.4 Å². The second-order valence-corrected chi connectivity index (χ2v) is 9.71. The third-order valence-corrected chi connectivity index (χ3v) is 7.49. The molecule has 3 rings (SSSR count). The average molecular weight is 479 g/mol. The summed E-state index contributed by atoms with van der Waals surface area (Å²) >= 11 is 1.45. The van der Waals surface area contributed by atoms with Crippen LogP contribution in [0.3, 0.4) is 0 Å². The van der Waals surface area contributed by atoms with Crippen LogP contribution < -0.4 is 10.2 Å². The molecule has 182 valence electrons. The van der Waals surface area contributed by atoms with Crippen LogP contribution in [0.25, 0.3) is 0 Å². The van der Waals surface area contributed by atoms with E-state index in [2.05, 4.69) is 5.32 Å². The van der Waals surface area contributed by atoms with Crippen molar-refractivity contribution >= 4 is 29.3 Å². The van der Waals surface area contributed by atoms with Gasteiger partial charge in [-0.05, 0) is 30.9 Å². The van der Waals surface area contributed by atoms with Gasteiger partial charge in [-0.2, -0.15) is 0 Å². The third kappa shape index (κ3) is 6.36. The van der Waals surface area contributed by atoms with Crippen molar-refractivity contribution in [1.82, 2.24) is 5.32 Å². The molecule has 33 heavy (non-hydrogen) atoms. The van der Waals surface area contributed by atoms with Gasteiger partial charge in [0.2, 0.25) is 5.91 Å². The molecule has 1 aromatic carbocycles. The van der Waals surface area contributed by atoms with Gasteiger partial charge in [-0.15, -0.1) is 11.8 Å². The van der Waals surface area contributed by atoms with Crippen LogP contribution in [0.1, 0.15) is 32.1 Å². The molecule has 1 aliphatic heterocycles. The van der Waals surface area contributed by atoms with Crippen molar-refractivity contribution in [2.45, 2.75) is 67.5 Å². The Kier molecular flexibility index (Phi) is 9.34. The topological polar surface area (TPSA) is 119 Å². The third-order valence-electron chi connectivity index (χ3n) is 6.33. The van der Waals surface area contributed by atoms with Crippen LogP contribution in [0.2, 0.25) is 0 Å². The largest absolute Gasteiger partial charge is 0.387 e. The molecular formula is C24H34N2O6S. The zero-order valence-electron chi connectivity index (χ0n) is 19.1. The lowest BCUT2D eigenvalue weighted by molar-refractivity contribution is -0.150. The Morgan fingerprint density at radius 1 is 1.18 bits per heavy atom. The number of fused-ring (bicyclic) bond motifs is 1. The molecular weight excluding hydrogens is 444 g/mol. The summed E-state index contributed by atoms with van der Waals surface area (Å²) in [6.07, 6.45) is 2.82. The number of carbonyl (C=O) groups is 2. The Hall–Kier alpha value is -1.91. The van der Waals surface area contributed by atoms with Crippen molar-refractivity contribution < 1.29 is 29.6 Å². The highest BCUT2D eigenvalue weighted by Crippen LogP contribution is 2.33. The van der Waals surface area contributed by atoms with Gasteiger partial charge in [0.1, 0.15) is 24.4 Å². The van der Waals surface area contributed by atoms with E-state index in [0.717, 1.165) is 36.3 Å². The molecule has 2 amide bonds. The van der Waals surface area contributed by atoms with E-state index < -0.39 is 36.4 Å². The number of carbonyl (C=O) groups excluding carboxylic acids is 2. The molecule has 0 saturated heterocycles. The zero-order valence-corrected chi connectivity index (χ0v) is 19.9. The normalized spacial score (nSPS) is 23.5. The number of methoxy groups -OCH3 is 1. The molecule has 0 radical (unpaired) electrons. The number of allylic oxidation sites excluding steroid dienone is 1. The molecule has 9 heteroatoms. The highest BCUT2D eigenvalue weighted by Gasteiger charge is 2.38. The standard InChI is InChI=1S/C24H34N2O6S/c1-26-17-10-6-7-11-19(17)33-14-16(24(26)31)25-23(30)22(32-2)21(29)20(28)18(27)13-12-15-8-4-3-5-9-15/h6-7,10-13,15-16,18,20-22,27-29H,3-5,8-9,14H2,1-2H3,(H,25,30)/t16?,18-,20+,21-,22-/m1/s1. The first-order chi connectivity index (χ1) is 15.8. The SMILES string of the molecule is CO[C@@H](C(=O)NC1CSc2ccccc2N(C)C1=O)[C@H](O)[C@@H](O)[C@H](O)C=CC1CCCCC1. The van der Waals surface area contributed by atoms with Gasteiger partial charge in [0.15, 0.2) is 6.10 Å². The van der Waals surface area contributed by atoms with Crippen LogP contribution in [0, 0.1) is 5.92 Å². The van der Waals surface area contributed by atoms with E-state index >= 15 is 0 Å². The number of thioether (sulfide) groups is 1. The summed E-state index contributed by atoms with van der Waals surface area (Å²) < 4.78 is 5.15. The number of anilines is 1. The summed E-state index contributed by atoms with van der Waals surface area (Å²) in [5, 5.41) is 34.0. The second kappa shape index (κ2) is 12.0. The van der Waals surface area contributed by atoms with E-state index in [1.54, 1.807) is 7.05 Å². The fourth-order valence-electron chi connectivity index (χ4n) is 4.30. The van der Waals surface area contributed by atoms with Gasteiger partial charge in [-0.3, -0.25) is 9.59 Å². The minimum absolute atomic E-state index is 0.291. The number of aliphatic hydroxyl groups is 3. The van der Waals surface area contributed by atoms with Crippen LogP contribution >= 0.6 is 11.8 Å². The van der Waals surface area contributed by atoms with Crippen molar-refractivity contribution in [2.24, 2.45) is 5.92 Å². The summed E-state index contributed by atoms with van der Waals surface area (Å²) in [6, 6.07) is 6.64. The number of likely N-dealkylation sites (N-methyl/N-ethyl adjacent to an activating group) is 1. The number of nitrogens with zero attached hydrogens (tertiary/aromatic N) is 1. The van der Waals surface area contributed by atoms with E-state index in [-0.39, 0.29) is 5.91 Å². The van der Waals surface area contributed by atoms with Crippen molar-refractivity contribution in [1.29, 1.82) is 0 Å². The van der Waals surface area contributed by atoms with Crippen LogP contribution in [-0.2, 0) is 14.3 Å². The first-order valence-corrected chi connectivity index (χ1v) is 12.4. The Bertz CT molecular complexity index is 844. The Morgan fingerprint density at radius 2 is 1.88 bits per heavy atom. The number of ether oxygens (including phenoxy) is 1. The van der Waals surface area contributed by atoms with Gasteiger partial charge in [-0.1, -0.05) is 43.5 Å². The van der Waals surface area contributed by atoms with Crippen molar-refractivity contribution in [3.8, 4) is 0 Å². The van der Waals surface area contributed by atoms with Gasteiger partial charge in [0.25, 0.3) is 5.91 Å². The quantitative estimate of drug-likeness (QED) is 0.418. The molecule has 8 nitrogen and oxygen atoms in total. The number of aliphatic hydroxyl groups excluding tert-OH is 3. The molecule has 4 N–H and O–H groups in total. The molecule has 0 aromatic heterocycles. The predicted molar refractivity (Wildman–Crippen MR) is 127 cm³/mol. The average Bonchev–Trinajstić information content (AvgIpc) is 2.95. The van der Waals surface area contributed by atoms with E-state index in [1.807, 2.05) is 30.3 Å². The van der Waals surface area contributed by atoms with Crippen molar-refractivity contribution in [2.75, 3.05) is 24.8 Å². The van der Waals surface area contributed by atoms with Crippen molar-refractivity contribution in [3.63, 3.8) is 0 Å². The smallest absolute Gasteiger partial charge is 0.252 e. The molecule has 5 atom stereocenters. The minimum Gasteiger partial charge on any atom is -0.387 e. The predicted octanol–water partition coefficient (Wildman–Crippen LogP) is 1.47. The van der Waals surface area contributed by atoms with Gasteiger partial charge >= 0.3 is 0 Å². The van der Waals surface area contributed by atoms with Crippen LogP contribution in [0.5, 0.6) is 0 Å². The van der Waals surface area contributed by atoms with E-state index in [0.29, 0.717) is 11.7 Å². The zero-order chi connectivity index (χ0) is 24.0. The summed E-state index contributed by atoms with van der Waals surface area (Å²) in [6.45, 7) is 0. The number of nitrogens with one attached hydrogen (secondary N) is 1. The Morgan fingerprint density at radius 3 is 2.58 bits per heavy atom. The highest BCUT2D eigenvalue weighted by molar-refractivity contribution is 7.99. The number of hydrogen-bond donors (Lipinski definition) is 4. The van der Waals surface area contributed by atoms with Crippen LogP contribution in [-0.4, -0.2) is 77.5 Å². The molecule has 1 fully saturated rings. The summed E-state index contributed by atoms with van der Waals surface area (Å²) in [7, 11) is 2.88. The number of para-hydroxylation sites is 1. The molecule has 0 bridgehead atoms. The number of hydrogen-bond acceptors (Lipinski definition) is 7. The Balaban J connectivity index is 1.61. The fraction of sp³-hybridized carbons (Fsp3) is 0.583. The number of rotatable bonds is 8. The van der Waals surface area contributed by atoms with E-state index in [9.17, 15) is 24.9 Å². The van der Waals surface area contributed by atoms with Gasteiger partial charge in [-0.25, -0.2) is 0 Å². The number of amides is 2. The van der Waals surface area contributed by atoms with Crippen LogP contribution in [0.4, 0.5) is 5.69 Å². The molecule has 1 heterocycles. The van der Waals surface area contributed by atoms with Gasteiger partial charge in [0.05, 0.1) is 5.69 Å². The fourth-order valence-corrected chi connectivity index (χ4v) is 5.40. The molecule has 1 aliphatic carbocycles. The monoisotopic (exact) mass is 478 g/mol. The first-order valence-electron chi connectivity index (χ1n) is 11.4. The lowest BCUT2D eigenvalue weighted by Crippen LogP contribution is -2.56. The number of benzene rings is 1. The minimum atomic E-state index is -1.68. The van der Waals surface area contributed by atoms with E-state index in [4.69, 9.17) is 4.74 Å². The molecule has 0 spiro atoms. The maximum Gasteiger partial charge on any atom is 0.252 e. The van der Waals surface area contributed by atoms with Gasteiger partial charge in [0, 0.05) is 24.8 Å². The summed E-state index contributed by atoms with van der Waals surface area (Å²) in [4.78, 5) is 28.2. The highest BCUT2D eigenvalue weighted by atomic mass is 32.2. The lowest BCUT2D eigenvalue weighted by Gasteiger charge is -2.29. The maximum atomic E-state index is 12.9. The molecule has 1 unspecified atom stereocenters. The summed E-state index contributed by atoms with van der Waals surface area (Å²) in [5.74, 6) is -0.362. The van der Waals surface area contributed by atoms with E-state index in [1.165, 1.54) is 36.3 Å². The first kappa shape index (κ1) is 25.7. The molecule has 1 saturated carbocycles. The molecule has 1 aromatic rings. The molecule has 2 aliphatic rings. The maximum absolute atomic E-state index is 12.9. The second-order valence-electron chi connectivity index (χ2n) is 8.65.